The van der Waals surface area contributed by atoms with Crippen molar-refractivity contribution < 1.29 is 17.9 Å². The van der Waals surface area contributed by atoms with Crippen LogP contribution < -0.4 is 4.72 Å². The Hall–Kier alpha value is -2.69. The highest BCUT2D eigenvalue weighted by Gasteiger charge is 2.20. The third-order valence-electron chi connectivity index (χ3n) is 3.48. The first-order valence-corrected chi connectivity index (χ1v) is 9.10. The molecule has 0 radical (unpaired) electrons. The Balaban J connectivity index is 2.21. The Bertz CT molecular complexity index is 889. The first-order valence-electron chi connectivity index (χ1n) is 7.61. The van der Waals surface area contributed by atoms with Crippen LogP contribution in [0.1, 0.15) is 35.8 Å². The molecule has 130 valence electrons. The average molecular weight is 358 g/mol. The van der Waals surface area contributed by atoms with Gasteiger partial charge >= 0.3 is 5.97 Å². The number of carbonyl (C=O) groups excluding carboxylic acids is 1. The van der Waals surface area contributed by atoms with Crippen LogP contribution in [0.2, 0.25) is 0 Å². The van der Waals surface area contributed by atoms with E-state index in [2.05, 4.69) is 4.72 Å². The van der Waals surface area contributed by atoms with Gasteiger partial charge in [-0.15, -0.1) is 0 Å². The quantitative estimate of drug-likeness (QED) is 0.801. The molecule has 0 saturated carbocycles. The van der Waals surface area contributed by atoms with Crippen LogP contribution >= 0.6 is 0 Å². The molecular weight excluding hydrogens is 340 g/mol. The predicted molar refractivity (Wildman–Crippen MR) is 92.1 cm³/mol. The lowest BCUT2D eigenvalue weighted by Gasteiger charge is -2.15. The number of nitriles is 1. The van der Waals surface area contributed by atoms with E-state index < -0.39 is 28.1 Å². The van der Waals surface area contributed by atoms with Crippen LogP contribution in [-0.4, -0.2) is 20.5 Å². The van der Waals surface area contributed by atoms with Crippen LogP contribution in [0, 0.1) is 11.3 Å². The van der Waals surface area contributed by atoms with Crippen molar-refractivity contribution in [2.75, 3.05) is 0 Å². The minimum absolute atomic E-state index is 0.0469. The van der Waals surface area contributed by atoms with E-state index in [1.54, 1.807) is 13.0 Å². The second-order valence-electron chi connectivity index (χ2n) is 5.46. The second kappa shape index (κ2) is 7.92. The summed E-state index contributed by atoms with van der Waals surface area (Å²) in [5.41, 5.74) is 0.891. The van der Waals surface area contributed by atoms with Gasteiger partial charge in [-0.2, -0.15) is 5.26 Å². The molecule has 0 fully saturated rings. The normalized spacial score (nSPS) is 13.5. The van der Waals surface area contributed by atoms with Crippen LogP contribution in [0.25, 0.3) is 0 Å². The summed E-state index contributed by atoms with van der Waals surface area (Å²) in [6.07, 6.45) is -0.913. The van der Waals surface area contributed by atoms with Gasteiger partial charge in [0.05, 0.1) is 10.5 Å². The van der Waals surface area contributed by atoms with Gasteiger partial charge in [-0.3, -0.25) is 0 Å². The molecule has 25 heavy (non-hydrogen) atoms. The van der Waals surface area contributed by atoms with Crippen molar-refractivity contribution in [3.63, 3.8) is 0 Å². The monoisotopic (exact) mass is 358 g/mol. The molecule has 0 aliphatic heterocycles. The lowest BCUT2D eigenvalue weighted by Crippen LogP contribution is -2.27. The summed E-state index contributed by atoms with van der Waals surface area (Å²) in [7, 11) is -3.82. The van der Waals surface area contributed by atoms with Crippen LogP contribution in [-0.2, 0) is 14.8 Å². The van der Waals surface area contributed by atoms with Gasteiger partial charge in [0.15, 0.2) is 6.10 Å². The third-order valence-corrected chi connectivity index (χ3v) is 5.02. The number of esters is 1. The lowest BCUT2D eigenvalue weighted by molar-refractivity contribution is 0.0435. The highest BCUT2D eigenvalue weighted by atomic mass is 32.2. The highest BCUT2D eigenvalue weighted by Crippen LogP contribution is 2.18. The van der Waals surface area contributed by atoms with Gasteiger partial charge in [0.2, 0.25) is 10.0 Å². The minimum atomic E-state index is -3.82. The molecule has 0 spiro atoms. The smallest absolute Gasteiger partial charge is 0.339 e. The van der Waals surface area contributed by atoms with Gasteiger partial charge in [0, 0.05) is 6.04 Å². The maximum atomic E-state index is 12.6. The molecule has 0 bridgehead atoms. The number of sulfonamides is 1. The first-order chi connectivity index (χ1) is 11.8. The summed E-state index contributed by atoms with van der Waals surface area (Å²) < 4.78 is 32.6. The van der Waals surface area contributed by atoms with Gasteiger partial charge in [-0.25, -0.2) is 17.9 Å². The molecule has 0 heterocycles. The number of carbonyl (C=O) groups is 1. The Morgan fingerprint density at radius 3 is 2.44 bits per heavy atom. The fraction of sp³-hybridized carbons (Fsp3) is 0.222. The number of benzene rings is 2. The molecule has 0 saturated heterocycles. The Kier molecular flexibility index (Phi) is 5.91. The van der Waals surface area contributed by atoms with E-state index in [1.807, 2.05) is 30.3 Å². The summed E-state index contributed by atoms with van der Waals surface area (Å²) >= 11 is 0. The zero-order valence-corrected chi connectivity index (χ0v) is 14.7. The maximum absolute atomic E-state index is 12.6. The summed E-state index contributed by atoms with van der Waals surface area (Å²) in [4.78, 5) is 11.9. The molecule has 2 aromatic carbocycles. The van der Waals surface area contributed by atoms with E-state index in [-0.39, 0.29) is 10.5 Å². The van der Waals surface area contributed by atoms with E-state index in [1.165, 1.54) is 31.2 Å². The largest absolute Gasteiger partial charge is 0.444 e. The van der Waals surface area contributed by atoms with Gasteiger partial charge < -0.3 is 4.74 Å². The Morgan fingerprint density at radius 1 is 1.12 bits per heavy atom. The van der Waals surface area contributed by atoms with Crippen LogP contribution in [0.4, 0.5) is 0 Å². The van der Waals surface area contributed by atoms with E-state index >= 15 is 0 Å². The van der Waals surface area contributed by atoms with Gasteiger partial charge in [0.1, 0.15) is 6.07 Å². The second-order valence-corrected chi connectivity index (χ2v) is 7.17. The van der Waals surface area contributed by atoms with Crippen molar-refractivity contribution >= 4 is 16.0 Å². The number of nitrogens with one attached hydrogen (secondary N) is 1. The molecular formula is C18H18N2O4S. The number of hydrogen-bond donors (Lipinski definition) is 1. The highest BCUT2D eigenvalue weighted by molar-refractivity contribution is 7.89. The Labute approximate surface area is 147 Å². The van der Waals surface area contributed by atoms with Gasteiger partial charge in [0.25, 0.3) is 0 Å². The van der Waals surface area contributed by atoms with Crippen molar-refractivity contribution in [2.24, 2.45) is 0 Å². The van der Waals surface area contributed by atoms with E-state index in [9.17, 15) is 13.2 Å². The summed E-state index contributed by atoms with van der Waals surface area (Å²) in [6.45, 7) is 3.17. The summed E-state index contributed by atoms with van der Waals surface area (Å²) in [6, 6.07) is 16.0. The number of ether oxygens (including phenoxy) is 1. The Morgan fingerprint density at radius 2 is 1.80 bits per heavy atom. The van der Waals surface area contributed by atoms with E-state index in [4.69, 9.17) is 10.00 Å². The average Bonchev–Trinajstić information content (AvgIpc) is 2.62. The zero-order valence-electron chi connectivity index (χ0n) is 13.8. The molecule has 0 amide bonds. The maximum Gasteiger partial charge on any atom is 0.339 e. The van der Waals surface area contributed by atoms with Crippen molar-refractivity contribution in [1.29, 1.82) is 5.26 Å². The number of hydrogen-bond acceptors (Lipinski definition) is 5. The van der Waals surface area contributed by atoms with Crippen molar-refractivity contribution in [3.8, 4) is 6.07 Å². The molecule has 0 aliphatic carbocycles. The zero-order chi connectivity index (χ0) is 18.4. The fourth-order valence-electron chi connectivity index (χ4n) is 2.16. The number of nitrogens with zero attached hydrogens (tertiary/aromatic N) is 1. The fourth-order valence-corrected chi connectivity index (χ4v) is 3.43. The number of rotatable bonds is 6. The summed E-state index contributed by atoms with van der Waals surface area (Å²) in [5.74, 6) is -0.748. The van der Waals surface area contributed by atoms with Crippen LogP contribution in [0.3, 0.4) is 0 Å². The van der Waals surface area contributed by atoms with Crippen molar-refractivity contribution in [3.05, 3.63) is 65.7 Å². The SMILES string of the molecule is C[C@@H](C#N)OC(=O)c1cccc(S(=O)(=O)N[C@H](C)c2ccccc2)c1. The van der Waals surface area contributed by atoms with Crippen molar-refractivity contribution in [2.45, 2.75) is 30.9 Å². The molecule has 2 rings (SSSR count). The van der Waals surface area contributed by atoms with Crippen LogP contribution in [0.15, 0.2) is 59.5 Å². The van der Waals surface area contributed by atoms with E-state index in [0.717, 1.165) is 5.56 Å². The van der Waals surface area contributed by atoms with Gasteiger partial charge in [-0.1, -0.05) is 36.4 Å². The molecule has 0 aromatic heterocycles. The lowest BCUT2D eigenvalue weighted by atomic mass is 10.1. The molecule has 1 N–H and O–H groups in total. The molecule has 0 aliphatic rings. The molecule has 2 atom stereocenters. The first kappa shape index (κ1) is 18.6. The summed E-state index contributed by atoms with van der Waals surface area (Å²) in [5, 5.41) is 8.69. The standard InChI is InChI=1S/C18H18N2O4S/c1-13(12-19)24-18(21)16-9-6-10-17(11-16)25(22,23)20-14(2)15-7-4-3-5-8-15/h3-11,13-14,20H,1-2H3/t13-,14+/m0/s1. The van der Waals surface area contributed by atoms with E-state index in [0.29, 0.717) is 0 Å². The molecule has 6 nitrogen and oxygen atoms in total. The molecule has 0 unspecified atom stereocenters. The van der Waals surface area contributed by atoms with Crippen LogP contribution in [0.5, 0.6) is 0 Å². The molecule has 7 heteroatoms. The topological polar surface area (TPSA) is 96.3 Å². The van der Waals surface area contributed by atoms with Crippen molar-refractivity contribution in [1.82, 2.24) is 4.72 Å². The molecule has 2 aromatic rings. The minimum Gasteiger partial charge on any atom is -0.444 e. The predicted octanol–water partition coefficient (Wildman–Crippen LogP) is 2.79. The van der Waals surface area contributed by atoms with Gasteiger partial charge in [-0.05, 0) is 37.6 Å². The third kappa shape index (κ3) is 4.89.